The first-order chi connectivity index (χ1) is 12.5. The highest BCUT2D eigenvalue weighted by Crippen LogP contribution is 2.17. The topological polar surface area (TPSA) is 70.7 Å². The monoisotopic (exact) mass is 355 g/mol. The largest absolute Gasteiger partial charge is 0.494 e. The Morgan fingerprint density at radius 2 is 1.77 bits per heavy atom. The fourth-order valence-corrected chi connectivity index (χ4v) is 2.29. The van der Waals surface area contributed by atoms with E-state index >= 15 is 0 Å². The number of ether oxygens (including phenoxy) is 1. The van der Waals surface area contributed by atoms with Crippen LogP contribution in [-0.2, 0) is 4.79 Å². The fourth-order valence-electron chi connectivity index (χ4n) is 2.29. The maximum atomic E-state index is 12.1. The summed E-state index contributed by atoms with van der Waals surface area (Å²) in [5, 5.41) is 5.86. The van der Waals surface area contributed by atoms with Crippen LogP contribution in [0.3, 0.4) is 0 Å². The zero-order valence-corrected chi connectivity index (χ0v) is 15.4. The van der Waals surface area contributed by atoms with Gasteiger partial charge in [-0.25, -0.2) is 0 Å². The molecule has 0 aliphatic rings. The third kappa shape index (κ3) is 5.81. The number of nitrogens with zero attached hydrogens (tertiary/aromatic N) is 1. The van der Waals surface area contributed by atoms with Gasteiger partial charge in [-0.3, -0.25) is 9.59 Å². The second-order valence-electron chi connectivity index (χ2n) is 6.06. The summed E-state index contributed by atoms with van der Waals surface area (Å²) in [6.45, 7) is 2.78. The summed E-state index contributed by atoms with van der Waals surface area (Å²) < 4.78 is 5.56. The number of carbonyl (C=O) groups is 2. The fraction of sp³-hybridized carbons (Fsp3) is 0.300. The van der Waals surface area contributed by atoms with Crippen LogP contribution in [0.4, 0.5) is 11.4 Å². The molecule has 2 amide bonds. The molecule has 0 aliphatic carbocycles. The Kier molecular flexibility index (Phi) is 7.02. The molecule has 0 aromatic heterocycles. The van der Waals surface area contributed by atoms with Crippen LogP contribution in [0.5, 0.6) is 5.75 Å². The van der Waals surface area contributed by atoms with Gasteiger partial charge in [0.1, 0.15) is 5.75 Å². The average Bonchev–Trinajstić information content (AvgIpc) is 2.64. The second-order valence-corrected chi connectivity index (χ2v) is 6.06. The first-order valence-electron chi connectivity index (χ1n) is 8.58. The molecule has 0 spiro atoms. The molecule has 0 atom stereocenters. The van der Waals surface area contributed by atoms with Gasteiger partial charge in [0.2, 0.25) is 5.91 Å². The number of carbonyl (C=O) groups excluding carboxylic acids is 2. The number of hydrogen-bond acceptors (Lipinski definition) is 4. The van der Waals surface area contributed by atoms with Crippen molar-refractivity contribution in [2.45, 2.75) is 13.3 Å². The van der Waals surface area contributed by atoms with Gasteiger partial charge in [0.25, 0.3) is 5.91 Å². The van der Waals surface area contributed by atoms with Gasteiger partial charge in [0.05, 0.1) is 13.2 Å². The standard InChI is InChI=1S/C20H25N3O3/c1-4-11-26-18-10-6-9-17(13-18)22-19(24)14-21-16-8-5-7-15(12-16)20(25)23(2)3/h5-10,12-13,21H,4,11,14H2,1-3H3,(H,22,24). The lowest BCUT2D eigenvalue weighted by atomic mass is 10.2. The summed E-state index contributed by atoms with van der Waals surface area (Å²) in [5.41, 5.74) is 1.97. The zero-order valence-electron chi connectivity index (χ0n) is 15.4. The van der Waals surface area contributed by atoms with Crippen molar-refractivity contribution in [1.82, 2.24) is 4.90 Å². The van der Waals surface area contributed by atoms with Gasteiger partial charge >= 0.3 is 0 Å². The van der Waals surface area contributed by atoms with Crippen LogP contribution < -0.4 is 15.4 Å². The predicted octanol–water partition coefficient (Wildman–Crippen LogP) is 3.23. The smallest absolute Gasteiger partial charge is 0.253 e. The molecular weight excluding hydrogens is 330 g/mol. The third-order valence-electron chi connectivity index (χ3n) is 3.56. The molecule has 26 heavy (non-hydrogen) atoms. The lowest BCUT2D eigenvalue weighted by Crippen LogP contribution is -2.23. The normalized spacial score (nSPS) is 10.1. The Balaban J connectivity index is 1.91. The molecule has 6 heteroatoms. The van der Waals surface area contributed by atoms with Crippen LogP contribution >= 0.6 is 0 Å². The van der Waals surface area contributed by atoms with E-state index in [0.717, 1.165) is 12.2 Å². The molecule has 6 nitrogen and oxygen atoms in total. The Hall–Kier alpha value is -3.02. The molecule has 0 fully saturated rings. The van der Waals surface area contributed by atoms with Crippen LogP contribution in [0.25, 0.3) is 0 Å². The molecule has 0 saturated heterocycles. The summed E-state index contributed by atoms with van der Waals surface area (Å²) in [6.07, 6.45) is 0.926. The quantitative estimate of drug-likeness (QED) is 0.763. The molecule has 2 N–H and O–H groups in total. The van der Waals surface area contributed by atoms with E-state index < -0.39 is 0 Å². The number of hydrogen-bond donors (Lipinski definition) is 2. The molecule has 0 heterocycles. The van der Waals surface area contributed by atoms with Crippen molar-refractivity contribution in [2.75, 3.05) is 37.9 Å². The molecule has 138 valence electrons. The van der Waals surface area contributed by atoms with Crippen LogP contribution in [-0.4, -0.2) is 44.0 Å². The van der Waals surface area contributed by atoms with E-state index in [-0.39, 0.29) is 18.4 Å². The van der Waals surface area contributed by atoms with Crippen molar-refractivity contribution in [3.8, 4) is 5.75 Å². The predicted molar refractivity (Wildman–Crippen MR) is 104 cm³/mol. The summed E-state index contributed by atoms with van der Waals surface area (Å²) in [7, 11) is 3.41. The van der Waals surface area contributed by atoms with Crippen molar-refractivity contribution in [1.29, 1.82) is 0 Å². The van der Waals surface area contributed by atoms with Crippen LogP contribution in [0.15, 0.2) is 48.5 Å². The molecule has 2 aromatic rings. The van der Waals surface area contributed by atoms with Gasteiger partial charge in [0.15, 0.2) is 0 Å². The lowest BCUT2D eigenvalue weighted by molar-refractivity contribution is -0.114. The Morgan fingerprint density at radius 3 is 2.50 bits per heavy atom. The van der Waals surface area contributed by atoms with Crippen molar-refractivity contribution >= 4 is 23.2 Å². The molecule has 0 bridgehead atoms. The van der Waals surface area contributed by atoms with E-state index in [1.54, 1.807) is 38.4 Å². The minimum atomic E-state index is -0.179. The van der Waals surface area contributed by atoms with Gasteiger partial charge in [-0.15, -0.1) is 0 Å². The number of anilines is 2. The van der Waals surface area contributed by atoms with Gasteiger partial charge in [-0.1, -0.05) is 19.1 Å². The molecule has 0 radical (unpaired) electrons. The highest BCUT2D eigenvalue weighted by atomic mass is 16.5. The second kappa shape index (κ2) is 9.46. The minimum Gasteiger partial charge on any atom is -0.494 e. The lowest BCUT2D eigenvalue weighted by Gasteiger charge is -2.12. The zero-order chi connectivity index (χ0) is 18.9. The Morgan fingerprint density at radius 1 is 1.04 bits per heavy atom. The summed E-state index contributed by atoms with van der Waals surface area (Å²) in [6, 6.07) is 14.4. The van der Waals surface area contributed by atoms with E-state index in [9.17, 15) is 9.59 Å². The third-order valence-corrected chi connectivity index (χ3v) is 3.56. The van der Waals surface area contributed by atoms with Crippen LogP contribution in [0.1, 0.15) is 23.7 Å². The van der Waals surface area contributed by atoms with Crippen molar-refractivity contribution in [3.05, 3.63) is 54.1 Å². The summed E-state index contributed by atoms with van der Waals surface area (Å²) in [5.74, 6) is 0.469. The molecule has 2 rings (SSSR count). The van der Waals surface area contributed by atoms with E-state index in [4.69, 9.17) is 4.74 Å². The van der Waals surface area contributed by atoms with E-state index in [1.165, 1.54) is 4.90 Å². The van der Waals surface area contributed by atoms with Gasteiger partial charge < -0.3 is 20.3 Å². The highest BCUT2D eigenvalue weighted by Gasteiger charge is 2.09. The molecule has 2 aromatic carbocycles. The molecule has 0 unspecified atom stereocenters. The van der Waals surface area contributed by atoms with Gasteiger partial charge in [-0.05, 0) is 36.8 Å². The molecule has 0 saturated carbocycles. The Labute approximate surface area is 154 Å². The first-order valence-corrected chi connectivity index (χ1v) is 8.58. The number of rotatable bonds is 8. The Bertz CT molecular complexity index is 759. The SMILES string of the molecule is CCCOc1cccc(NC(=O)CNc2cccc(C(=O)N(C)C)c2)c1. The van der Waals surface area contributed by atoms with E-state index in [2.05, 4.69) is 10.6 Å². The molecular formula is C20H25N3O3. The van der Waals surface area contributed by atoms with Crippen LogP contribution in [0, 0.1) is 0 Å². The van der Waals surface area contributed by atoms with E-state index in [0.29, 0.717) is 23.5 Å². The van der Waals surface area contributed by atoms with Crippen LogP contribution in [0.2, 0.25) is 0 Å². The minimum absolute atomic E-state index is 0.0815. The highest BCUT2D eigenvalue weighted by molar-refractivity contribution is 5.96. The van der Waals surface area contributed by atoms with Crippen molar-refractivity contribution < 1.29 is 14.3 Å². The number of nitrogens with one attached hydrogen (secondary N) is 2. The van der Waals surface area contributed by atoms with Gasteiger partial charge in [-0.2, -0.15) is 0 Å². The maximum Gasteiger partial charge on any atom is 0.253 e. The van der Waals surface area contributed by atoms with E-state index in [1.807, 2.05) is 31.2 Å². The first kappa shape index (κ1) is 19.3. The number of benzene rings is 2. The maximum absolute atomic E-state index is 12.1. The summed E-state index contributed by atoms with van der Waals surface area (Å²) >= 11 is 0. The van der Waals surface area contributed by atoms with Crippen molar-refractivity contribution in [2.24, 2.45) is 0 Å². The number of amides is 2. The van der Waals surface area contributed by atoms with Gasteiger partial charge in [0, 0.05) is 37.1 Å². The van der Waals surface area contributed by atoms with Crippen molar-refractivity contribution in [3.63, 3.8) is 0 Å². The molecule has 0 aliphatic heterocycles. The summed E-state index contributed by atoms with van der Waals surface area (Å²) in [4.78, 5) is 25.7. The average molecular weight is 355 g/mol.